The van der Waals surface area contributed by atoms with Gasteiger partial charge in [0.25, 0.3) is 5.91 Å². The van der Waals surface area contributed by atoms with Gasteiger partial charge in [-0.05, 0) is 79.0 Å². The number of halogens is 1. The van der Waals surface area contributed by atoms with Crippen LogP contribution in [-0.4, -0.2) is 23.3 Å². The molecule has 4 rings (SSSR count). The Kier molecular flexibility index (Phi) is 4.95. The summed E-state index contributed by atoms with van der Waals surface area (Å²) >= 11 is 0. The van der Waals surface area contributed by atoms with E-state index in [1.165, 1.54) is 6.07 Å². The second-order valence-corrected chi connectivity index (χ2v) is 7.88. The Balaban J connectivity index is 1.89. The summed E-state index contributed by atoms with van der Waals surface area (Å²) in [7, 11) is 0. The molecule has 5 heteroatoms. The molecule has 0 saturated heterocycles. The molecule has 152 valence electrons. The molecular weight excluding hydrogens is 379 g/mol. The van der Waals surface area contributed by atoms with Gasteiger partial charge in [0.15, 0.2) is 0 Å². The number of hydrogen-bond donors (Lipinski definition) is 1. The van der Waals surface area contributed by atoms with Crippen molar-refractivity contribution < 1.29 is 14.0 Å². The lowest BCUT2D eigenvalue weighted by Crippen LogP contribution is -2.35. The summed E-state index contributed by atoms with van der Waals surface area (Å²) in [5, 5.41) is 0. The van der Waals surface area contributed by atoms with Crippen LogP contribution in [0.1, 0.15) is 53.4 Å². The third-order valence-electron chi connectivity index (χ3n) is 6.16. The van der Waals surface area contributed by atoms with E-state index in [4.69, 9.17) is 5.73 Å². The van der Waals surface area contributed by atoms with Gasteiger partial charge in [0.2, 0.25) is 5.91 Å². The average molecular weight is 402 g/mol. The van der Waals surface area contributed by atoms with Gasteiger partial charge in [0, 0.05) is 24.2 Å². The Bertz CT molecular complexity index is 1200. The molecule has 4 nitrogen and oxygen atoms in total. The summed E-state index contributed by atoms with van der Waals surface area (Å²) in [4.78, 5) is 25.9. The van der Waals surface area contributed by atoms with E-state index in [0.29, 0.717) is 31.5 Å². The molecule has 0 bridgehead atoms. The van der Waals surface area contributed by atoms with E-state index >= 15 is 4.39 Å². The summed E-state index contributed by atoms with van der Waals surface area (Å²) in [5.74, 6) is 3.99. The largest absolute Gasteiger partial charge is 0.366 e. The number of hydrogen-bond acceptors (Lipinski definition) is 2. The molecule has 30 heavy (non-hydrogen) atoms. The number of amides is 2. The van der Waals surface area contributed by atoms with Gasteiger partial charge in [0.05, 0.1) is 0 Å². The molecule has 0 saturated carbocycles. The summed E-state index contributed by atoms with van der Waals surface area (Å²) in [5.41, 5.74) is 12.9. The van der Waals surface area contributed by atoms with Crippen LogP contribution in [0.3, 0.4) is 0 Å². The van der Waals surface area contributed by atoms with Gasteiger partial charge in [-0.3, -0.25) is 9.59 Å². The fourth-order valence-electron chi connectivity index (χ4n) is 4.59. The maximum Gasteiger partial charge on any atom is 0.298 e. The molecule has 0 aromatic heterocycles. The number of rotatable bonds is 2. The highest BCUT2D eigenvalue weighted by Crippen LogP contribution is 2.44. The van der Waals surface area contributed by atoms with Crippen molar-refractivity contribution in [2.45, 2.75) is 40.2 Å². The van der Waals surface area contributed by atoms with Gasteiger partial charge in [-0.15, -0.1) is 0 Å². The molecule has 1 heterocycles. The van der Waals surface area contributed by atoms with Gasteiger partial charge in [-0.2, -0.15) is 0 Å². The number of carbonyl (C=O) groups excluding carboxylic acids is 2. The third kappa shape index (κ3) is 3.09. The van der Waals surface area contributed by atoms with Crippen LogP contribution < -0.4 is 5.73 Å². The number of nitrogens with zero attached hydrogens (tertiary/aromatic N) is 1. The normalized spacial score (nSPS) is 14.7. The molecule has 1 aliphatic heterocycles. The highest BCUT2D eigenvalue weighted by Gasteiger charge is 2.30. The predicted octanol–water partition coefficient (Wildman–Crippen LogP) is 3.85. The van der Waals surface area contributed by atoms with E-state index < -0.39 is 11.7 Å². The first-order valence-corrected chi connectivity index (χ1v) is 9.98. The minimum atomic E-state index is -0.611. The van der Waals surface area contributed by atoms with Crippen LogP contribution in [0.2, 0.25) is 0 Å². The first kappa shape index (κ1) is 19.9. The van der Waals surface area contributed by atoms with Gasteiger partial charge in [0.1, 0.15) is 5.82 Å². The van der Waals surface area contributed by atoms with Crippen molar-refractivity contribution in [2.24, 2.45) is 5.73 Å². The van der Waals surface area contributed by atoms with Crippen LogP contribution >= 0.6 is 0 Å². The topological polar surface area (TPSA) is 63.4 Å². The Morgan fingerprint density at radius 2 is 1.93 bits per heavy atom. The van der Waals surface area contributed by atoms with Crippen LogP contribution in [0, 0.1) is 17.7 Å². The van der Waals surface area contributed by atoms with Gasteiger partial charge < -0.3 is 10.6 Å². The maximum absolute atomic E-state index is 15.4. The predicted molar refractivity (Wildman–Crippen MR) is 115 cm³/mol. The lowest BCUT2D eigenvalue weighted by Gasteiger charge is -2.29. The highest BCUT2D eigenvalue weighted by molar-refractivity contribution is 6.00. The first-order valence-electron chi connectivity index (χ1n) is 9.98. The van der Waals surface area contributed by atoms with Gasteiger partial charge in [-0.1, -0.05) is 29.7 Å². The van der Waals surface area contributed by atoms with E-state index in [9.17, 15) is 9.59 Å². The lowest BCUT2D eigenvalue weighted by atomic mass is 9.85. The molecule has 0 radical (unpaired) electrons. The van der Waals surface area contributed by atoms with Crippen LogP contribution in [-0.2, 0) is 24.2 Å². The Morgan fingerprint density at radius 1 is 1.17 bits per heavy atom. The number of benzene rings is 2. The zero-order valence-corrected chi connectivity index (χ0v) is 17.4. The zero-order chi connectivity index (χ0) is 21.6. The van der Waals surface area contributed by atoms with Gasteiger partial charge in [-0.25, -0.2) is 4.39 Å². The molecule has 0 fully saturated rings. The molecule has 1 aliphatic carbocycles. The van der Waals surface area contributed by atoms with Crippen molar-refractivity contribution >= 4 is 17.4 Å². The summed E-state index contributed by atoms with van der Waals surface area (Å²) in [6, 6.07) is 7.06. The Labute approximate surface area is 175 Å². The maximum atomic E-state index is 15.4. The van der Waals surface area contributed by atoms with Gasteiger partial charge >= 0.3 is 0 Å². The molecule has 2 aromatic carbocycles. The zero-order valence-electron chi connectivity index (χ0n) is 17.4. The van der Waals surface area contributed by atoms with Crippen LogP contribution in [0.25, 0.3) is 16.7 Å². The minimum absolute atomic E-state index is 0.194. The van der Waals surface area contributed by atoms with E-state index in [1.54, 1.807) is 11.8 Å². The monoisotopic (exact) mass is 402 g/mol. The SMILES string of the molecule is CC#CC(=O)N1CCc2c(cccc2-c2c(F)cc(C(N)=O)c3c2C(C)=C(C)C3)C1. The quantitative estimate of drug-likeness (QED) is 0.776. The van der Waals surface area contributed by atoms with E-state index in [2.05, 4.69) is 11.8 Å². The van der Waals surface area contributed by atoms with E-state index in [-0.39, 0.29) is 11.5 Å². The average Bonchev–Trinajstić information content (AvgIpc) is 3.01. The van der Waals surface area contributed by atoms with Crippen molar-refractivity contribution in [3.05, 3.63) is 63.5 Å². The molecule has 2 N–H and O–H groups in total. The number of carbonyl (C=O) groups is 2. The first-order chi connectivity index (χ1) is 14.3. The van der Waals surface area contributed by atoms with Crippen molar-refractivity contribution in [1.82, 2.24) is 4.90 Å². The summed E-state index contributed by atoms with van der Waals surface area (Å²) in [6.45, 7) is 6.60. The number of nitrogens with two attached hydrogens (primary N) is 1. The Hall–Kier alpha value is -3.39. The fourth-order valence-corrected chi connectivity index (χ4v) is 4.59. The van der Waals surface area contributed by atoms with E-state index in [1.807, 2.05) is 32.0 Å². The number of allylic oxidation sites excluding steroid dienone is 2. The van der Waals surface area contributed by atoms with Crippen LogP contribution in [0.5, 0.6) is 0 Å². The van der Waals surface area contributed by atoms with Crippen molar-refractivity contribution in [3.8, 4) is 23.0 Å². The van der Waals surface area contributed by atoms with Crippen LogP contribution in [0.15, 0.2) is 29.8 Å². The second-order valence-electron chi connectivity index (χ2n) is 7.88. The molecule has 2 aromatic rings. The van der Waals surface area contributed by atoms with Crippen LogP contribution in [0.4, 0.5) is 4.39 Å². The fraction of sp³-hybridized carbons (Fsp3) is 0.280. The molecule has 0 atom stereocenters. The standard InChI is InChI=1S/C25H23FN2O2/c1-4-6-22(29)28-10-9-17-16(13-28)7-5-8-18(17)24-21(26)12-20(25(27)30)19-11-14(2)15(3)23(19)24/h5,7-8,12H,9-11,13H2,1-3H3,(H2,27,30). The lowest BCUT2D eigenvalue weighted by molar-refractivity contribution is -0.125. The number of fused-ring (bicyclic) bond motifs is 2. The summed E-state index contributed by atoms with van der Waals surface area (Å²) < 4.78 is 15.4. The van der Waals surface area contributed by atoms with Crippen molar-refractivity contribution in [1.29, 1.82) is 0 Å². The summed E-state index contributed by atoms with van der Waals surface area (Å²) in [6.07, 6.45) is 1.22. The minimum Gasteiger partial charge on any atom is -0.366 e. The molecular formula is C25H23FN2O2. The van der Waals surface area contributed by atoms with Crippen molar-refractivity contribution in [3.63, 3.8) is 0 Å². The Morgan fingerprint density at radius 3 is 2.63 bits per heavy atom. The smallest absolute Gasteiger partial charge is 0.298 e. The molecule has 2 amide bonds. The molecule has 2 aliphatic rings. The highest BCUT2D eigenvalue weighted by atomic mass is 19.1. The number of primary amides is 1. The third-order valence-corrected chi connectivity index (χ3v) is 6.16. The van der Waals surface area contributed by atoms with Crippen molar-refractivity contribution in [2.75, 3.05) is 6.54 Å². The molecule has 0 spiro atoms. The second kappa shape index (κ2) is 7.46. The molecule has 0 unspecified atom stereocenters. The van der Waals surface area contributed by atoms with E-state index in [0.717, 1.165) is 39.0 Å².